The molecule has 0 saturated carbocycles. The van der Waals surface area contributed by atoms with E-state index in [1.807, 2.05) is 22.9 Å². The fourth-order valence-electron chi connectivity index (χ4n) is 1.67. The molecule has 0 aliphatic rings. The number of nitrogens with one attached hydrogen (secondary N) is 1. The number of fused-ring (bicyclic) bond motifs is 1. The van der Waals surface area contributed by atoms with Crippen LogP contribution in [0, 0.1) is 6.92 Å². The molecule has 0 aliphatic heterocycles. The zero-order chi connectivity index (χ0) is 12.5. The van der Waals surface area contributed by atoms with Crippen LogP contribution in [0.4, 0.5) is 0 Å². The van der Waals surface area contributed by atoms with Crippen LogP contribution in [0.25, 0.3) is 10.8 Å². The zero-order valence-corrected chi connectivity index (χ0v) is 9.81. The third-order valence-electron chi connectivity index (χ3n) is 2.33. The van der Waals surface area contributed by atoms with E-state index in [-0.39, 0.29) is 4.90 Å². The molecular formula is C12H12NO3S. The van der Waals surface area contributed by atoms with Crippen molar-refractivity contribution in [3.8, 4) is 0 Å². The highest BCUT2D eigenvalue weighted by atomic mass is 32.2. The van der Waals surface area contributed by atoms with Gasteiger partial charge in [0, 0.05) is 5.39 Å². The summed E-state index contributed by atoms with van der Waals surface area (Å²) in [5, 5.41) is 10.5. The molecule has 5 heteroatoms. The van der Waals surface area contributed by atoms with Crippen molar-refractivity contribution in [3.05, 3.63) is 49.4 Å². The molecule has 4 nitrogen and oxygen atoms in total. The molecule has 0 heterocycles. The minimum atomic E-state index is -3.75. The molecule has 0 aliphatic carbocycles. The summed E-state index contributed by atoms with van der Waals surface area (Å²) < 4.78 is 25.9. The van der Waals surface area contributed by atoms with Crippen molar-refractivity contribution in [2.45, 2.75) is 11.1 Å². The van der Waals surface area contributed by atoms with Gasteiger partial charge in [-0.1, -0.05) is 36.4 Å². The number of sulfonamides is 1. The van der Waals surface area contributed by atoms with E-state index in [9.17, 15) is 8.42 Å². The molecule has 0 spiro atoms. The van der Waals surface area contributed by atoms with Crippen molar-refractivity contribution in [1.82, 2.24) is 4.72 Å². The highest BCUT2D eigenvalue weighted by molar-refractivity contribution is 7.89. The second-order valence-corrected chi connectivity index (χ2v) is 5.30. The van der Waals surface area contributed by atoms with Crippen molar-refractivity contribution in [2.24, 2.45) is 0 Å². The van der Waals surface area contributed by atoms with Crippen molar-refractivity contribution < 1.29 is 13.5 Å². The maximum absolute atomic E-state index is 11.9. The summed E-state index contributed by atoms with van der Waals surface area (Å²) in [6, 6.07) is 12.1. The summed E-state index contributed by atoms with van der Waals surface area (Å²) in [6.07, 6.45) is -1.36. The number of hydrogen-bond donors (Lipinski definition) is 2. The van der Waals surface area contributed by atoms with E-state index < -0.39 is 16.3 Å². The van der Waals surface area contributed by atoms with Gasteiger partial charge in [0.05, 0.1) is 4.90 Å². The monoisotopic (exact) mass is 250 g/mol. The molecule has 89 valence electrons. The van der Waals surface area contributed by atoms with E-state index in [4.69, 9.17) is 5.11 Å². The smallest absolute Gasteiger partial charge is 0.243 e. The highest BCUT2D eigenvalue weighted by Crippen LogP contribution is 2.22. The van der Waals surface area contributed by atoms with E-state index in [1.165, 1.54) is 6.07 Å². The Morgan fingerprint density at radius 3 is 2.47 bits per heavy atom. The molecule has 2 N–H and O–H groups in total. The summed E-state index contributed by atoms with van der Waals surface area (Å²) in [4.78, 5) is 0.137. The van der Waals surface area contributed by atoms with Gasteiger partial charge in [-0.3, -0.25) is 0 Å². The normalized spacial score (nSPS) is 13.8. The zero-order valence-electron chi connectivity index (χ0n) is 9.00. The van der Waals surface area contributed by atoms with Gasteiger partial charge in [0.1, 0.15) is 6.23 Å². The molecule has 2 aromatic carbocycles. The first-order chi connectivity index (χ1) is 8.00. The minimum absolute atomic E-state index is 0.137. The predicted octanol–water partition coefficient (Wildman–Crippen LogP) is 1.27. The third kappa shape index (κ3) is 2.46. The Morgan fingerprint density at radius 1 is 1.12 bits per heavy atom. The number of hydrogen-bond acceptors (Lipinski definition) is 3. The lowest BCUT2D eigenvalue weighted by molar-refractivity contribution is 0.209. The summed E-state index contributed by atoms with van der Waals surface area (Å²) in [5.41, 5.74) is 0. The Kier molecular flexibility index (Phi) is 3.15. The fraction of sp³-hybridized carbons (Fsp3) is 0.0833. The third-order valence-corrected chi connectivity index (χ3v) is 3.85. The second-order valence-electron chi connectivity index (χ2n) is 3.61. The number of rotatable bonds is 3. The van der Waals surface area contributed by atoms with Gasteiger partial charge in [-0.2, -0.15) is 4.72 Å². The first-order valence-electron chi connectivity index (χ1n) is 5.02. The fourth-order valence-corrected chi connectivity index (χ4v) is 2.89. The number of aliphatic hydroxyl groups excluding tert-OH is 1. The first-order valence-corrected chi connectivity index (χ1v) is 6.50. The Morgan fingerprint density at radius 2 is 1.76 bits per heavy atom. The molecule has 2 rings (SSSR count). The van der Waals surface area contributed by atoms with Crippen LogP contribution in [-0.2, 0) is 10.0 Å². The van der Waals surface area contributed by atoms with Crippen LogP contribution in [0.5, 0.6) is 0 Å². The second kappa shape index (κ2) is 4.44. The average molecular weight is 250 g/mol. The lowest BCUT2D eigenvalue weighted by atomic mass is 10.1. The van der Waals surface area contributed by atoms with Gasteiger partial charge < -0.3 is 5.11 Å². The van der Waals surface area contributed by atoms with Gasteiger partial charge in [0.2, 0.25) is 10.0 Å². The van der Waals surface area contributed by atoms with Crippen LogP contribution in [0.15, 0.2) is 47.4 Å². The number of benzene rings is 2. The van der Waals surface area contributed by atoms with Crippen molar-refractivity contribution in [3.63, 3.8) is 0 Å². The molecule has 0 saturated heterocycles. The van der Waals surface area contributed by atoms with Gasteiger partial charge >= 0.3 is 0 Å². The standard InChI is InChI=1S/C12H12NO3S/c1-9(14)13-17(15,16)12-8-4-6-10-5-2-3-7-11(10)12/h2-9,13-14H,1H2. The molecule has 17 heavy (non-hydrogen) atoms. The summed E-state index contributed by atoms with van der Waals surface area (Å²) in [7, 11) is -3.75. The van der Waals surface area contributed by atoms with Crippen LogP contribution in [0.1, 0.15) is 0 Å². The van der Waals surface area contributed by atoms with Gasteiger partial charge in [0.15, 0.2) is 0 Å². The van der Waals surface area contributed by atoms with Gasteiger partial charge in [-0.15, -0.1) is 0 Å². The van der Waals surface area contributed by atoms with E-state index in [2.05, 4.69) is 6.92 Å². The topological polar surface area (TPSA) is 66.4 Å². The summed E-state index contributed by atoms with van der Waals surface area (Å²) >= 11 is 0. The summed E-state index contributed by atoms with van der Waals surface area (Å²) in [5.74, 6) is 0. The molecule has 0 bridgehead atoms. The van der Waals surface area contributed by atoms with Crippen LogP contribution >= 0.6 is 0 Å². The quantitative estimate of drug-likeness (QED) is 0.806. The van der Waals surface area contributed by atoms with Gasteiger partial charge in [-0.25, -0.2) is 8.42 Å². The Balaban J connectivity index is 2.63. The molecule has 2 aromatic rings. The summed E-state index contributed by atoms with van der Waals surface area (Å²) in [6.45, 7) is 3.19. The Labute approximate surface area is 99.9 Å². The van der Waals surface area contributed by atoms with Crippen LogP contribution in [-0.4, -0.2) is 19.8 Å². The van der Waals surface area contributed by atoms with E-state index in [1.54, 1.807) is 18.2 Å². The maximum atomic E-state index is 11.9. The van der Waals surface area contributed by atoms with Crippen molar-refractivity contribution in [1.29, 1.82) is 0 Å². The van der Waals surface area contributed by atoms with Crippen molar-refractivity contribution >= 4 is 20.8 Å². The van der Waals surface area contributed by atoms with Gasteiger partial charge in [-0.05, 0) is 18.4 Å². The average Bonchev–Trinajstić information content (AvgIpc) is 2.26. The molecule has 0 amide bonds. The van der Waals surface area contributed by atoms with E-state index in [0.717, 1.165) is 5.39 Å². The highest BCUT2D eigenvalue weighted by Gasteiger charge is 2.18. The molecule has 0 fully saturated rings. The van der Waals surface area contributed by atoms with Gasteiger partial charge in [0.25, 0.3) is 0 Å². The molecule has 1 radical (unpaired) electrons. The molecule has 1 atom stereocenters. The van der Waals surface area contributed by atoms with Crippen LogP contribution < -0.4 is 4.72 Å². The lowest BCUT2D eigenvalue weighted by Gasteiger charge is -2.10. The van der Waals surface area contributed by atoms with E-state index in [0.29, 0.717) is 5.39 Å². The molecular weight excluding hydrogens is 238 g/mol. The Hall–Kier alpha value is -1.43. The van der Waals surface area contributed by atoms with Crippen LogP contribution in [0.3, 0.4) is 0 Å². The van der Waals surface area contributed by atoms with Crippen molar-refractivity contribution in [2.75, 3.05) is 0 Å². The lowest BCUT2D eigenvalue weighted by Crippen LogP contribution is -2.32. The Bertz CT molecular complexity index is 630. The minimum Gasteiger partial charge on any atom is -0.378 e. The largest absolute Gasteiger partial charge is 0.378 e. The SMILES string of the molecule is [CH2]C(O)NS(=O)(=O)c1cccc2ccccc12. The maximum Gasteiger partial charge on any atom is 0.243 e. The predicted molar refractivity (Wildman–Crippen MR) is 65.6 cm³/mol. The molecule has 1 unspecified atom stereocenters. The molecule has 0 aromatic heterocycles. The van der Waals surface area contributed by atoms with E-state index >= 15 is 0 Å². The van der Waals surface area contributed by atoms with Crippen LogP contribution in [0.2, 0.25) is 0 Å². The number of aliphatic hydroxyl groups is 1. The first kappa shape index (κ1) is 12.0.